The van der Waals surface area contributed by atoms with E-state index in [-0.39, 0.29) is 12.6 Å². The number of aromatic nitrogens is 2. The van der Waals surface area contributed by atoms with Crippen LogP contribution in [-0.4, -0.2) is 47.5 Å². The molecule has 1 aromatic heterocycles. The lowest BCUT2D eigenvalue weighted by Gasteiger charge is -2.22. The molecule has 8 nitrogen and oxygen atoms in total. The van der Waals surface area contributed by atoms with E-state index >= 15 is 0 Å². The van der Waals surface area contributed by atoms with Crippen LogP contribution >= 0.6 is 0 Å². The summed E-state index contributed by atoms with van der Waals surface area (Å²) in [5.41, 5.74) is 2.04. The SMILES string of the molecule is CC[C@H](CO)Nc1nc(NCc2ccc(OC)cc2)c2c(n1)N(C(C)C)CN2. The van der Waals surface area contributed by atoms with E-state index < -0.39 is 0 Å². The van der Waals surface area contributed by atoms with E-state index in [2.05, 4.69) is 39.7 Å². The summed E-state index contributed by atoms with van der Waals surface area (Å²) in [5.74, 6) is 2.98. The molecule has 0 saturated carbocycles. The van der Waals surface area contributed by atoms with Gasteiger partial charge in [0.05, 0.1) is 26.4 Å². The van der Waals surface area contributed by atoms with Crippen molar-refractivity contribution < 1.29 is 9.84 Å². The Morgan fingerprint density at radius 3 is 2.61 bits per heavy atom. The number of aliphatic hydroxyl groups excluding tert-OH is 1. The van der Waals surface area contributed by atoms with Crippen molar-refractivity contribution in [1.82, 2.24) is 9.97 Å². The second-order valence-corrected chi connectivity index (χ2v) is 7.13. The Bertz CT molecular complexity index is 777. The predicted molar refractivity (Wildman–Crippen MR) is 113 cm³/mol. The van der Waals surface area contributed by atoms with Gasteiger partial charge in [0.15, 0.2) is 11.6 Å². The number of anilines is 4. The zero-order valence-corrected chi connectivity index (χ0v) is 17.0. The van der Waals surface area contributed by atoms with Crippen LogP contribution in [0.1, 0.15) is 32.8 Å². The molecule has 1 aliphatic heterocycles. The summed E-state index contributed by atoms with van der Waals surface area (Å²) in [5, 5.41) is 19.6. The van der Waals surface area contributed by atoms with Crippen LogP contribution in [0.25, 0.3) is 0 Å². The van der Waals surface area contributed by atoms with Gasteiger partial charge in [0.1, 0.15) is 11.4 Å². The number of nitrogens with one attached hydrogen (secondary N) is 3. The Balaban J connectivity index is 1.85. The molecule has 0 aliphatic carbocycles. The fraction of sp³-hybridized carbons (Fsp3) is 0.500. The van der Waals surface area contributed by atoms with Gasteiger partial charge in [-0.1, -0.05) is 19.1 Å². The van der Waals surface area contributed by atoms with Gasteiger partial charge in [0, 0.05) is 12.6 Å². The molecule has 1 atom stereocenters. The molecule has 4 N–H and O–H groups in total. The summed E-state index contributed by atoms with van der Waals surface area (Å²) in [6.45, 7) is 7.66. The number of benzene rings is 1. The normalized spacial score (nSPS) is 13.9. The minimum Gasteiger partial charge on any atom is -0.497 e. The summed E-state index contributed by atoms with van der Waals surface area (Å²) in [6, 6.07) is 8.18. The van der Waals surface area contributed by atoms with Crippen LogP contribution in [-0.2, 0) is 6.54 Å². The van der Waals surface area contributed by atoms with Gasteiger partial charge >= 0.3 is 0 Å². The van der Waals surface area contributed by atoms with Gasteiger partial charge in [-0.05, 0) is 38.0 Å². The summed E-state index contributed by atoms with van der Waals surface area (Å²) in [6.07, 6.45) is 0.789. The van der Waals surface area contributed by atoms with Crippen molar-refractivity contribution >= 4 is 23.3 Å². The topological polar surface area (TPSA) is 94.6 Å². The number of methoxy groups -OCH3 is 1. The highest BCUT2D eigenvalue weighted by atomic mass is 16.5. The number of fused-ring (bicyclic) bond motifs is 1. The van der Waals surface area contributed by atoms with Crippen LogP contribution in [0, 0.1) is 0 Å². The molecule has 0 fully saturated rings. The molecule has 0 bridgehead atoms. The molecular weight excluding hydrogens is 356 g/mol. The molecule has 0 spiro atoms. The molecular formula is C20H30N6O2. The first-order chi connectivity index (χ1) is 13.5. The van der Waals surface area contributed by atoms with Crippen LogP contribution in [0.2, 0.25) is 0 Å². The molecule has 2 heterocycles. The molecule has 0 amide bonds. The van der Waals surface area contributed by atoms with Gasteiger partial charge in [-0.15, -0.1) is 0 Å². The van der Waals surface area contributed by atoms with Crippen molar-refractivity contribution in [3.63, 3.8) is 0 Å². The van der Waals surface area contributed by atoms with E-state index in [0.29, 0.717) is 25.2 Å². The minimum absolute atomic E-state index is 0.0394. The number of aliphatic hydroxyl groups is 1. The highest BCUT2D eigenvalue weighted by Crippen LogP contribution is 2.37. The third-order valence-electron chi connectivity index (χ3n) is 4.88. The van der Waals surface area contributed by atoms with Crippen LogP contribution < -0.4 is 25.6 Å². The van der Waals surface area contributed by atoms with Crippen molar-refractivity contribution in [2.24, 2.45) is 0 Å². The van der Waals surface area contributed by atoms with Crippen molar-refractivity contribution in [2.75, 3.05) is 41.2 Å². The smallest absolute Gasteiger partial charge is 0.227 e. The van der Waals surface area contributed by atoms with Gasteiger partial charge in [-0.2, -0.15) is 9.97 Å². The average molecular weight is 387 g/mol. The lowest BCUT2D eigenvalue weighted by Crippen LogP contribution is -2.31. The quantitative estimate of drug-likeness (QED) is 0.523. The first-order valence-corrected chi connectivity index (χ1v) is 9.72. The minimum atomic E-state index is -0.0747. The van der Waals surface area contributed by atoms with Crippen LogP contribution in [0.5, 0.6) is 5.75 Å². The van der Waals surface area contributed by atoms with E-state index in [4.69, 9.17) is 9.72 Å². The van der Waals surface area contributed by atoms with Crippen molar-refractivity contribution in [1.29, 1.82) is 0 Å². The summed E-state index contributed by atoms with van der Waals surface area (Å²) in [4.78, 5) is 11.6. The molecule has 8 heteroatoms. The molecule has 0 saturated heterocycles. The molecule has 1 aromatic carbocycles. The summed E-state index contributed by atoms with van der Waals surface area (Å²) >= 11 is 0. The van der Waals surface area contributed by atoms with Crippen LogP contribution in [0.4, 0.5) is 23.3 Å². The Kier molecular flexibility index (Phi) is 6.41. The van der Waals surface area contributed by atoms with E-state index in [0.717, 1.165) is 35.1 Å². The first kappa shape index (κ1) is 20.0. The predicted octanol–water partition coefficient (Wildman–Crippen LogP) is 2.88. The van der Waals surface area contributed by atoms with E-state index in [9.17, 15) is 5.11 Å². The maximum absolute atomic E-state index is 9.52. The number of nitrogens with zero attached hydrogens (tertiary/aromatic N) is 3. The van der Waals surface area contributed by atoms with Crippen LogP contribution in [0.3, 0.4) is 0 Å². The Labute approximate surface area is 166 Å². The third kappa shape index (κ3) is 4.39. The maximum atomic E-state index is 9.52. The van der Waals surface area contributed by atoms with E-state index in [1.807, 2.05) is 31.2 Å². The van der Waals surface area contributed by atoms with E-state index in [1.165, 1.54) is 0 Å². The number of hydrogen-bond donors (Lipinski definition) is 4. The zero-order chi connectivity index (χ0) is 20.1. The monoisotopic (exact) mass is 386 g/mol. The lowest BCUT2D eigenvalue weighted by molar-refractivity contribution is 0.271. The summed E-state index contributed by atoms with van der Waals surface area (Å²) < 4.78 is 5.22. The molecule has 0 unspecified atom stereocenters. The molecule has 2 aromatic rings. The van der Waals surface area contributed by atoms with Gasteiger partial charge in [-0.3, -0.25) is 0 Å². The van der Waals surface area contributed by atoms with Gasteiger partial charge < -0.3 is 30.7 Å². The molecule has 152 valence electrons. The fourth-order valence-electron chi connectivity index (χ4n) is 3.07. The number of rotatable bonds is 9. The van der Waals surface area contributed by atoms with Crippen molar-refractivity contribution in [3.8, 4) is 5.75 Å². The second kappa shape index (κ2) is 8.97. The Morgan fingerprint density at radius 1 is 1.25 bits per heavy atom. The maximum Gasteiger partial charge on any atom is 0.227 e. The lowest BCUT2D eigenvalue weighted by atomic mass is 10.2. The molecule has 0 radical (unpaired) electrons. The second-order valence-electron chi connectivity index (χ2n) is 7.13. The Hall–Kier alpha value is -2.74. The fourth-order valence-corrected chi connectivity index (χ4v) is 3.07. The third-order valence-corrected chi connectivity index (χ3v) is 4.88. The molecule has 28 heavy (non-hydrogen) atoms. The standard InChI is InChI=1S/C20H30N6O2/c1-5-15(11-27)23-20-24-18(17-19(25-20)26(12-22-17)13(2)3)21-10-14-6-8-16(28-4)9-7-14/h6-9,13,15,22,27H,5,10-12H2,1-4H3,(H2,21,23,24,25)/t15-/m1/s1. The van der Waals surface area contributed by atoms with Crippen molar-refractivity contribution in [3.05, 3.63) is 29.8 Å². The highest BCUT2D eigenvalue weighted by molar-refractivity contribution is 5.83. The van der Waals surface area contributed by atoms with Crippen LogP contribution in [0.15, 0.2) is 24.3 Å². The average Bonchev–Trinajstić information content (AvgIpc) is 3.15. The zero-order valence-electron chi connectivity index (χ0n) is 17.0. The molecule has 1 aliphatic rings. The number of ether oxygens (including phenoxy) is 1. The largest absolute Gasteiger partial charge is 0.497 e. The Morgan fingerprint density at radius 2 is 2.00 bits per heavy atom. The first-order valence-electron chi connectivity index (χ1n) is 9.72. The van der Waals surface area contributed by atoms with Gasteiger partial charge in [0.2, 0.25) is 5.95 Å². The highest BCUT2D eigenvalue weighted by Gasteiger charge is 2.27. The van der Waals surface area contributed by atoms with Gasteiger partial charge in [0.25, 0.3) is 0 Å². The summed E-state index contributed by atoms with van der Waals surface area (Å²) in [7, 11) is 1.66. The molecule has 3 rings (SSSR count). The van der Waals surface area contributed by atoms with E-state index in [1.54, 1.807) is 7.11 Å². The van der Waals surface area contributed by atoms with Crippen molar-refractivity contribution in [2.45, 2.75) is 45.8 Å². The number of hydrogen-bond acceptors (Lipinski definition) is 8. The van der Waals surface area contributed by atoms with Gasteiger partial charge in [-0.25, -0.2) is 0 Å².